The number of carbonyl (C=O) groups excluding carboxylic acids is 1. The number of carbonyl (C=O) groups is 1. The van der Waals surface area contributed by atoms with E-state index < -0.39 is 11.6 Å². The van der Waals surface area contributed by atoms with E-state index in [0.717, 1.165) is 33.4 Å². The van der Waals surface area contributed by atoms with Gasteiger partial charge >= 0.3 is 6.03 Å². The van der Waals surface area contributed by atoms with E-state index in [4.69, 9.17) is 0 Å². The summed E-state index contributed by atoms with van der Waals surface area (Å²) in [5.41, 5.74) is 5.39. The van der Waals surface area contributed by atoms with E-state index in [1.807, 2.05) is 34.0 Å². The molecule has 0 fully saturated rings. The normalized spacial score (nSPS) is 14.7. The minimum Gasteiger partial charge on any atom is -0.332 e. The number of nitrogens with one attached hydrogen (secondary N) is 1. The number of fused-ring (bicyclic) bond motifs is 1. The fourth-order valence-electron chi connectivity index (χ4n) is 3.65. The molecule has 6 heteroatoms. The number of hydrogen-bond donors (Lipinski definition) is 2. The van der Waals surface area contributed by atoms with Crippen LogP contribution in [-0.2, 0) is 0 Å². The lowest BCUT2D eigenvalue weighted by Crippen LogP contribution is -2.47. The van der Waals surface area contributed by atoms with Gasteiger partial charge in [0, 0.05) is 10.4 Å². The Morgan fingerprint density at radius 1 is 1.16 bits per heavy atom. The topological polar surface area (TPSA) is 52.6 Å². The van der Waals surface area contributed by atoms with Crippen molar-refractivity contribution >= 4 is 35.0 Å². The molecule has 1 aliphatic rings. The first-order valence-corrected chi connectivity index (χ1v) is 11.5. The van der Waals surface area contributed by atoms with Gasteiger partial charge in [0.05, 0.1) is 6.54 Å². The molecule has 0 aliphatic heterocycles. The molecule has 0 radical (unpaired) electrons. The predicted molar refractivity (Wildman–Crippen MR) is 126 cm³/mol. The zero-order valence-electron chi connectivity index (χ0n) is 18.6. The summed E-state index contributed by atoms with van der Waals surface area (Å²) in [6.07, 6.45) is 4.56. The summed E-state index contributed by atoms with van der Waals surface area (Å²) in [6.45, 7) is 7.67. The molecule has 0 bridgehead atoms. The Bertz CT molecular complexity index is 1040. The van der Waals surface area contributed by atoms with Gasteiger partial charge in [0.25, 0.3) is 0 Å². The molecule has 2 aromatic carbocycles. The Labute approximate surface area is 187 Å². The van der Waals surface area contributed by atoms with Crippen LogP contribution in [0.1, 0.15) is 50.8 Å². The van der Waals surface area contributed by atoms with E-state index in [9.17, 15) is 14.4 Å². The highest BCUT2D eigenvalue weighted by Crippen LogP contribution is 2.43. The van der Waals surface area contributed by atoms with Gasteiger partial charge in [-0.1, -0.05) is 18.2 Å². The van der Waals surface area contributed by atoms with E-state index in [1.54, 1.807) is 17.8 Å². The first-order chi connectivity index (χ1) is 14.6. The molecule has 2 N–H and O–H groups in total. The number of thioether (sulfide) groups is 1. The lowest BCUT2D eigenvalue weighted by molar-refractivity contribution is -0.0432. The summed E-state index contributed by atoms with van der Waals surface area (Å²) in [7, 11) is 0. The highest BCUT2D eigenvalue weighted by molar-refractivity contribution is 7.98. The van der Waals surface area contributed by atoms with Crippen molar-refractivity contribution in [2.75, 3.05) is 12.8 Å². The molecule has 0 heterocycles. The summed E-state index contributed by atoms with van der Waals surface area (Å²) in [5, 5.41) is 13.6. The maximum Gasteiger partial charge on any atom is 0.341 e. The Morgan fingerprint density at radius 3 is 2.45 bits per heavy atom. The molecule has 2 aromatic rings. The smallest absolute Gasteiger partial charge is 0.332 e. The number of hydrogen-bond acceptors (Lipinski definition) is 3. The van der Waals surface area contributed by atoms with E-state index in [2.05, 4.69) is 35.7 Å². The first-order valence-electron chi connectivity index (χ1n) is 10.2. The largest absolute Gasteiger partial charge is 0.341 e. The fourth-order valence-corrected chi connectivity index (χ4v) is 4.06. The molecule has 1 aliphatic carbocycles. The third-order valence-corrected chi connectivity index (χ3v) is 5.91. The summed E-state index contributed by atoms with van der Waals surface area (Å²) in [4.78, 5) is 13.4. The second kappa shape index (κ2) is 9.28. The molecule has 4 nitrogen and oxygen atoms in total. The van der Waals surface area contributed by atoms with Crippen molar-refractivity contribution in [2.24, 2.45) is 0 Å². The van der Waals surface area contributed by atoms with Crippen molar-refractivity contribution in [3.63, 3.8) is 0 Å². The number of urea groups is 1. The minimum atomic E-state index is -0.548. The van der Waals surface area contributed by atoms with Crippen molar-refractivity contribution in [3.05, 3.63) is 70.5 Å². The van der Waals surface area contributed by atoms with Gasteiger partial charge in [0.2, 0.25) is 0 Å². The van der Waals surface area contributed by atoms with Gasteiger partial charge in [-0.3, -0.25) is 5.21 Å². The van der Waals surface area contributed by atoms with Gasteiger partial charge in [-0.2, -0.15) is 0 Å². The van der Waals surface area contributed by atoms with Crippen molar-refractivity contribution in [3.8, 4) is 0 Å². The molecule has 0 saturated carbocycles. The van der Waals surface area contributed by atoms with Crippen LogP contribution in [0.2, 0.25) is 0 Å². The molecule has 164 valence electrons. The molecule has 0 spiro atoms. The van der Waals surface area contributed by atoms with Crippen LogP contribution < -0.4 is 5.32 Å². The SMILES string of the molecule is CSc1ccc(/C=C2\C(C)=C(CCN(O)C(=O)NC(C)(C)C)c3cc(F)ccc32)cc1. The Balaban J connectivity index is 1.89. The van der Waals surface area contributed by atoms with Crippen LogP contribution in [0.15, 0.2) is 52.9 Å². The second-order valence-corrected chi connectivity index (χ2v) is 9.56. The van der Waals surface area contributed by atoms with E-state index >= 15 is 0 Å². The molecule has 0 aromatic heterocycles. The zero-order valence-corrected chi connectivity index (χ0v) is 19.4. The molecular formula is C25H29FN2O2S. The molecule has 0 atom stereocenters. The average molecular weight is 441 g/mol. The van der Waals surface area contributed by atoms with E-state index in [0.29, 0.717) is 11.5 Å². The van der Waals surface area contributed by atoms with Gasteiger partial charge in [0.15, 0.2) is 0 Å². The lowest BCUT2D eigenvalue weighted by atomic mass is 10.0. The van der Waals surface area contributed by atoms with Gasteiger partial charge in [0.1, 0.15) is 5.82 Å². The highest BCUT2D eigenvalue weighted by Gasteiger charge is 2.25. The number of halogens is 1. The van der Waals surface area contributed by atoms with Crippen molar-refractivity contribution in [2.45, 2.75) is 44.6 Å². The summed E-state index contributed by atoms with van der Waals surface area (Å²) >= 11 is 1.69. The highest BCUT2D eigenvalue weighted by atomic mass is 32.2. The second-order valence-electron chi connectivity index (χ2n) is 8.68. The number of allylic oxidation sites excluding steroid dienone is 2. The van der Waals surface area contributed by atoms with Gasteiger partial charge in [-0.15, -0.1) is 11.8 Å². The fraction of sp³-hybridized carbons (Fsp3) is 0.320. The monoisotopic (exact) mass is 440 g/mol. The number of rotatable bonds is 5. The van der Waals surface area contributed by atoms with Crippen LogP contribution in [0.3, 0.4) is 0 Å². The third kappa shape index (κ3) is 5.57. The zero-order chi connectivity index (χ0) is 22.8. The number of amides is 2. The lowest BCUT2D eigenvalue weighted by Gasteiger charge is -2.24. The van der Waals surface area contributed by atoms with Gasteiger partial charge in [-0.25, -0.2) is 14.2 Å². The van der Waals surface area contributed by atoms with E-state index in [-0.39, 0.29) is 12.4 Å². The molecule has 3 rings (SSSR count). The molecule has 0 saturated heterocycles. The molecule has 0 unspecified atom stereocenters. The maximum atomic E-state index is 14.0. The Morgan fingerprint density at radius 2 is 1.84 bits per heavy atom. The number of nitrogens with zero attached hydrogens (tertiary/aromatic N) is 1. The van der Waals surface area contributed by atoms with E-state index in [1.165, 1.54) is 17.0 Å². The summed E-state index contributed by atoms with van der Waals surface area (Å²) in [6, 6.07) is 12.5. The van der Waals surface area contributed by atoms with Crippen LogP contribution in [0.25, 0.3) is 17.2 Å². The van der Waals surface area contributed by atoms with Crippen molar-refractivity contribution < 1.29 is 14.4 Å². The third-order valence-electron chi connectivity index (χ3n) is 5.17. The summed E-state index contributed by atoms with van der Waals surface area (Å²) < 4.78 is 14.0. The van der Waals surface area contributed by atoms with Crippen molar-refractivity contribution in [1.82, 2.24) is 10.4 Å². The molecular weight excluding hydrogens is 411 g/mol. The van der Waals surface area contributed by atoms with Gasteiger partial charge in [-0.05, 0) is 104 Å². The first kappa shape index (κ1) is 23.1. The van der Waals surface area contributed by atoms with Crippen LogP contribution >= 0.6 is 11.8 Å². The standard InChI is InChI=1S/C25H29FN2O2S/c1-16-20(12-13-28(30)24(29)27-25(2,3)4)23-15-18(26)8-11-21(23)22(16)14-17-6-9-19(31-5)10-7-17/h6-11,14-15,30H,12-13H2,1-5H3,(H,27,29)/b22-14+. The molecule has 2 amide bonds. The molecule has 31 heavy (non-hydrogen) atoms. The summed E-state index contributed by atoms with van der Waals surface area (Å²) in [5.74, 6) is -0.305. The minimum absolute atomic E-state index is 0.111. The number of benzene rings is 2. The van der Waals surface area contributed by atoms with Crippen molar-refractivity contribution in [1.29, 1.82) is 0 Å². The Kier molecular flexibility index (Phi) is 6.92. The van der Waals surface area contributed by atoms with Crippen LogP contribution in [0, 0.1) is 5.82 Å². The quantitative estimate of drug-likeness (QED) is 0.318. The van der Waals surface area contributed by atoms with Crippen LogP contribution in [0.5, 0.6) is 0 Å². The van der Waals surface area contributed by atoms with Crippen LogP contribution in [0.4, 0.5) is 9.18 Å². The maximum absolute atomic E-state index is 14.0. The average Bonchev–Trinajstić information content (AvgIpc) is 2.95. The predicted octanol–water partition coefficient (Wildman–Crippen LogP) is 6.46. The van der Waals surface area contributed by atoms with Crippen LogP contribution in [-0.4, -0.2) is 34.6 Å². The van der Waals surface area contributed by atoms with Gasteiger partial charge < -0.3 is 5.32 Å². The number of hydroxylamine groups is 2. The Hall–Kier alpha value is -2.57.